The minimum atomic E-state index is 0.894. The summed E-state index contributed by atoms with van der Waals surface area (Å²) in [6, 6.07) is 2.03. The molecule has 1 heterocycles. The number of hydrogen-bond donors (Lipinski definition) is 2. The zero-order valence-electron chi connectivity index (χ0n) is 7.67. The van der Waals surface area contributed by atoms with Crippen LogP contribution in [0.5, 0.6) is 0 Å². The molecule has 3 heteroatoms. The van der Waals surface area contributed by atoms with Gasteiger partial charge in [-0.25, -0.2) is 0 Å². The highest BCUT2D eigenvalue weighted by atomic mass is 15.2. The topological polar surface area (TPSA) is 40.7 Å². The monoisotopic (exact) mass is 175 g/mol. The van der Waals surface area contributed by atoms with Gasteiger partial charge in [0.05, 0.1) is 5.69 Å². The van der Waals surface area contributed by atoms with Crippen LogP contribution in [0.1, 0.15) is 18.5 Å². The zero-order valence-corrected chi connectivity index (χ0v) is 7.67. The third-order valence-corrected chi connectivity index (χ3v) is 2.19. The summed E-state index contributed by atoms with van der Waals surface area (Å²) in [4.78, 5) is 0. The van der Waals surface area contributed by atoms with Crippen molar-refractivity contribution in [3.05, 3.63) is 30.0 Å². The van der Waals surface area contributed by atoms with Crippen LogP contribution in [0.25, 0.3) is 5.57 Å². The van der Waals surface area contributed by atoms with Crippen molar-refractivity contribution in [1.29, 1.82) is 0 Å². The predicted molar refractivity (Wildman–Crippen MR) is 54.5 cm³/mol. The van der Waals surface area contributed by atoms with Gasteiger partial charge in [-0.1, -0.05) is 18.2 Å². The molecule has 3 nitrogen and oxygen atoms in total. The van der Waals surface area contributed by atoms with Gasteiger partial charge in [0.1, 0.15) is 5.82 Å². The van der Waals surface area contributed by atoms with E-state index >= 15 is 0 Å². The Labute approximate surface area is 77.5 Å². The molecule has 1 aliphatic carbocycles. The highest BCUT2D eigenvalue weighted by molar-refractivity contribution is 5.67. The molecule has 13 heavy (non-hydrogen) atoms. The van der Waals surface area contributed by atoms with Crippen molar-refractivity contribution >= 4 is 11.4 Å². The first-order valence-corrected chi connectivity index (χ1v) is 4.49. The highest BCUT2D eigenvalue weighted by Gasteiger charge is 2.05. The fraction of sp³-hybridized carbons (Fsp3) is 0.300. The molecule has 1 aliphatic rings. The standard InChI is InChI=1S/C10H13N3/c1-11-10-7-9(12-13-10)8-5-3-2-4-6-8/h2-3,5,7H,4,6H2,1H3,(H2,11,12,13). The SMILES string of the molecule is CNc1cc(C2=CC=CCC2)[nH]n1. The Morgan fingerprint density at radius 2 is 2.46 bits per heavy atom. The van der Waals surface area contributed by atoms with Crippen molar-refractivity contribution in [3.63, 3.8) is 0 Å². The van der Waals surface area contributed by atoms with E-state index in [1.807, 2.05) is 13.1 Å². The molecule has 0 spiro atoms. The van der Waals surface area contributed by atoms with Gasteiger partial charge in [0.2, 0.25) is 0 Å². The van der Waals surface area contributed by atoms with Gasteiger partial charge in [0.15, 0.2) is 0 Å². The second-order valence-electron chi connectivity index (χ2n) is 3.08. The third kappa shape index (κ3) is 1.64. The highest BCUT2D eigenvalue weighted by Crippen LogP contribution is 2.22. The minimum Gasteiger partial charge on any atom is -0.372 e. The molecule has 2 rings (SSSR count). The summed E-state index contributed by atoms with van der Waals surface area (Å²) < 4.78 is 0. The van der Waals surface area contributed by atoms with Crippen molar-refractivity contribution in [2.24, 2.45) is 0 Å². The first-order chi connectivity index (χ1) is 6.40. The number of rotatable bonds is 2. The molecular formula is C10H13N3. The van der Waals surface area contributed by atoms with Crippen LogP contribution in [0.3, 0.4) is 0 Å². The Hall–Kier alpha value is -1.51. The second kappa shape index (κ2) is 3.47. The summed E-state index contributed by atoms with van der Waals surface area (Å²) in [6.07, 6.45) is 8.63. The average Bonchev–Trinajstić information content (AvgIpc) is 2.67. The molecular weight excluding hydrogens is 162 g/mol. The first kappa shape index (κ1) is 8.10. The van der Waals surface area contributed by atoms with Gasteiger partial charge in [0, 0.05) is 13.1 Å². The molecule has 0 aromatic carbocycles. The largest absolute Gasteiger partial charge is 0.372 e. The Balaban J connectivity index is 2.24. The van der Waals surface area contributed by atoms with Crippen molar-refractivity contribution in [3.8, 4) is 0 Å². The maximum atomic E-state index is 4.11. The molecule has 0 fully saturated rings. The van der Waals surface area contributed by atoms with E-state index in [4.69, 9.17) is 0 Å². The van der Waals surface area contributed by atoms with Crippen molar-refractivity contribution < 1.29 is 0 Å². The van der Waals surface area contributed by atoms with Crippen LogP contribution >= 0.6 is 0 Å². The van der Waals surface area contributed by atoms with Gasteiger partial charge in [-0.3, -0.25) is 5.10 Å². The maximum absolute atomic E-state index is 4.11. The molecule has 0 amide bonds. The predicted octanol–water partition coefficient (Wildman–Crippen LogP) is 2.18. The van der Waals surface area contributed by atoms with Crippen LogP contribution < -0.4 is 5.32 Å². The van der Waals surface area contributed by atoms with E-state index in [1.165, 1.54) is 5.57 Å². The minimum absolute atomic E-state index is 0.894. The fourth-order valence-electron chi connectivity index (χ4n) is 1.44. The maximum Gasteiger partial charge on any atom is 0.148 e. The Morgan fingerprint density at radius 1 is 1.54 bits per heavy atom. The number of aromatic nitrogens is 2. The van der Waals surface area contributed by atoms with E-state index in [2.05, 4.69) is 33.7 Å². The summed E-state index contributed by atoms with van der Waals surface area (Å²) in [5.74, 6) is 0.894. The zero-order chi connectivity index (χ0) is 9.10. The van der Waals surface area contributed by atoms with E-state index in [1.54, 1.807) is 0 Å². The summed E-state index contributed by atoms with van der Waals surface area (Å²) in [5.41, 5.74) is 2.45. The van der Waals surface area contributed by atoms with Crippen LogP contribution in [-0.4, -0.2) is 17.2 Å². The molecule has 0 aliphatic heterocycles. The summed E-state index contributed by atoms with van der Waals surface area (Å²) >= 11 is 0. The molecule has 0 saturated heterocycles. The first-order valence-electron chi connectivity index (χ1n) is 4.49. The smallest absolute Gasteiger partial charge is 0.148 e. The van der Waals surface area contributed by atoms with E-state index in [0.29, 0.717) is 0 Å². The van der Waals surface area contributed by atoms with Gasteiger partial charge >= 0.3 is 0 Å². The molecule has 0 saturated carbocycles. The lowest BCUT2D eigenvalue weighted by atomic mass is 10.0. The fourth-order valence-corrected chi connectivity index (χ4v) is 1.44. The van der Waals surface area contributed by atoms with Gasteiger partial charge in [-0.2, -0.15) is 5.10 Å². The lowest BCUT2D eigenvalue weighted by molar-refractivity contribution is 1.01. The van der Waals surface area contributed by atoms with Gasteiger partial charge in [0.25, 0.3) is 0 Å². The van der Waals surface area contributed by atoms with Crippen LogP contribution in [0.15, 0.2) is 24.3 Å². The second-order valence-corrected chi connectivity index (χ2v) is 3.08. The molecule has 2 N–H and O–H groups in total. The molecule has 1 aromatic rings. The number of nitrogens with one attached hydrogen (secondary N) is 2. The Morgan fingerprint density at radius 3 is 3.08 bits per heavy atom. The number of nitrogens with zero attached hydrogens (tertiary/aromatic N) is 1. The van der Waals surface area contributed by atoms with Crippen LogP contribution in [-0.2, 0) is 0 Å². The molecule has 68 valence electrons. The van der Waals surface area contributed by atoms with Gasteiger partial charge in [-0.15, -0.1) is 0 Å². The van der Waals surface area contributed by atoms with E-state index in [9.17, 15) is 0 Å². The summed E-state index contributed by atoms with van der Waals surface area (Å²) in [6.45, 7) is 0. The van der Waals surface area contributed by atoms with Crippen molar-refractivity contribution in [2.45, 2.75) is 12.8 Å². The molecule has 0 radical (unpaired) electrons. The van der Waals surface area contributed by atoms with Crippen LogP contribution in [0.4, 0.5) is 5.82 Å². The average molecular weight is 175 g/mol. The Kier molecular flexibility index (Phi) is 2.17. The lowest BCUT2D eigenvalue weighted by Crippen LogP contribution is -1.87. The van der Waals surface area contributed by atoms with Gasteiger partial charge in [-0.05, 0) is 18.4 Å². The molecule has 1 aromatic heterocycles. The number of H-pyrrole nitrogens is 1. The summed E-state index contributed by atoms with van der Waals surface area (Å²) in [7, 11) is 1.87. The van der Waals surface area contributed by atoms with Crippen LogP contribution in [0.2, 0.25) is 0 Å². The van der Waals surface area contributed by atoms with Gasteiger partial charge < -0.3 is 5.32 Å². The normalized spacial score (nSPS) is 15.6. The Bertz CT molecular complexity index is 347. The number of allylic oxidation sites excluding steroid dienone is 4. The number of aromatic amines is 1. The lowest BCUT2D eigenvalue weighted by Gasteiger charge is -2.04. The van der Waals surface area contributed by atoms with Crippen molar-refractivity contribution in [2.75, 3.05) is 12.4 Å². The van der Waals surface area contributed by atoms with Crippen LogP contribution in [0, 0.1) is 0 Å². The summed E-state index contributed by atoms with van der Waals surface area (Å²) in [5, 5.41) is 10.1. The third-order valence-electron chi connectivity index (χ3n) is 2.19. The molecule has 0 bridgehead atoms. The number of anilines is 1. The van der Waals surface area contributed by atoms with E-state index < -0.39 is 0 Å². The van der Waals surface area contributed by atoms with E-state index in [0.717, 1.165) is 24.4 Å². The van der Waals surface area contributed by atoms with E-state index in [-0.39, 0.29) is 0 Å². The number of hydrogen-bond acceptors (Lipinski definition) is 2. The molecule has 0 atom stereocenters. The molecule has 0 unspecified atom stereocenters. The van der Waals surface area contributed by atoms with Crippen molar-refractivity contribution in [1.82, 2.24) is 10.2 Å². The quantitative estimate of drug-likeness (QED) is 0.723.